The number of primary sulfonamides is 1. The number of anilines is 1. The second-order valence-electron chi connectivity index (χ2n) is 4.92. The van der Waals surface area contributed by atoms with Crippen LogP contribution in [0.4, 0.5) is 5.69 Å². The van der Waals surface area contributed by atoms with Crippen LogP contribution < -0.4 is 10.5 Å². The summed E-state index contributed by atoms with van der Waals surface area (Å²) >= 11 is 0. The summed E-state index contributed by atoms with van der Waals surface area (Å²) in [5.41, 5.74) is 1.48. The minimum Gasteiger partial charge on any atom is -0.381 e. The number of hydrogen-bond acceptors (Lipinski definition) is 4. The fraction of sp³-hybridized carbons (Fsp3) is 0.500. The maximum Gasteiger partial charge on any atom is 0.238 e. The molecule has 3 N–H and O–H groups in total. The third kappa shape index (κ3) is 3.01. The van der Waals surface area contributed by atoms with Gasteiger partial charge < -0.3 is 10.2 Å². The van der Waals surface area contributed by atoms with Crippen molar-refractivity contribution in [1.29, 1.82) is 0 Å². The van der Waals surface area contributed by atoms with Gasteiger partial charge in [0.1, 0.15) is 0 Å². The smallest absolute Gasteiger partial charge is 0.238 e. The molecule has 1 atom stereocenters. The van der Waals surface area contributed by atoms with Gasteiger partial charge in [-0.15, -0.1) is 0 Å². The lowest BCUT2D eigenvalue weighted by molar-refractivity contribution is 0.414. The van der Waals surface area contributed by atoms with Gasteiger partial charge in [0.2, 0.25) is 10.0 Å². The number of benzene rings is 1. The van der Waals surface area contributed by atoms with E-state index in [2.05, 4.69) is 17.3 Å². The molecule has 1 aliphatic rings. The van der Waals surface area contributed by atoms with Crippen LogP contribution in [0.15, 0.2) is 23.1 Å². The van der Waals surface area contributed by atoms with E-state index in [0.29, 0.717) is 11.6 Å². The predicted octanol–water partition coefficient (Wildman–Crippen LogP) is 0.758. The van der Waals surface area contributed by atoms with E-state index >= 15 is 0 Å². The lowest BCUT2D eigenvalue weighted by Gasteiger charge is -2.15. The maximum absolute atomic E-state index is 11.4. The number of sulfonamides is 1. The van der Waals surface area contributed by atoms with Crippen molar-refractivity contribution in [3.63, 3.8) is 0 Å². The summed E-state index contributed by atoms with van der Waals surface area (Å²) in [6, 6.07) is 5.65. The molecular formula is C12H19N3O2S. The van der Waals surface area contributed by atoms with Crippen molar-refractivity contribution in [3.05, 3.63) is 23.8 Å². The van der Waals surface area contributed by atoms with Crippen molar-refractivity contribution in [1.82, 2.24) is 4.90 Å². The Labute approximate surface area is 108 Å². The van der Waals surface area contributed by atoms with Crippen LogP contribution in [0.2, 0.25) is 0 Å². The largest absolute Gasteiger partial charge is 0.381 e. The molecule has 2 rings (SSSR count). The molecule has 0 aromatic heterocycles. The normalized spacial score (nSPS) is 21.2. The highest BCUT2D eigenvalue weighted by atomic mass is 32.2. The minimum atomic E-state index is -3.65. The first-order valence-electron chi connectivity index (χ1n) is 5.95. The average Bonchev–Trinajstić information content (AvgIpc) is 2.65. The Morgan fingerprint density at radius 2 is 2.17 bits per heavy atom. The minimum absolute atomic E-state index is 0.193. The van der Waals surface area contributed by atoms with Crippen molar-refractivity contribution >= 4 is 15.7 Å². The highest BCUT2D eigenvalue weighted by Gasteiger charge is 2.20. The van der Waals surface area contributed by atoms with E-state index in [1.807, 2.05) is 6.07 Å². The topological polar surface area (TPSA) is 75.4 Å². The molecule has 1 heterocycles. The first kappa shape index (κ1) is 13.3. The SMILES string of the molecule is Cc1ccc(NC2CCN(C)C2)cc1S(N)(=O)=O. The van der Waals surface area contributed by atoms with E-state index in [-0.39, 0.29) is 4.90 Å². The van der Waals surface area contributed by atoms with Gasteiger partial charge in [-0.2, -0.15) is 0 Å². The third-order valence-electron chi connectivity index (χ3n) is 3.26. The summed E-state index contributed by atoms with van der Waals surface area (Å²) < 4.78 is 22.9. The summed E-state index contributed by atoms with van der Waals surface area (Å²) in [5, 5.41) is 8.54. The number of nitrogens with two attached hydrogens (primary N) is 1. The van der Waals surface area contributed by atoms with Crippen molar-refractivity contribution in [3.8, 4) is 0 Å². The van der Waals surface area contributed by atoms with E-state index in [0.717, 1.165) is 25.2 Å². The number of nitrogens with one attached hydrogen (secondary N) is 1. The van der Waals surface area contributed by atoms with Gasteiger partial charge in [-0.25, -0.2) is 13.6 Å². The number of likely N-dealkylation sites (N-methyl/N-ethyl adjacent to an activating group) is 1. The molecule has 1 saturated heterocycles. The van der Waals surface area contributed by atoms with Gasteiger partial charge in [-0.3, -0.25) is 0 Å². The fourth-order valence-corrected chi connectivity index (χ4v) is 3.09. The maximum atomic E-state index is 11.4. The highest BCUT2D eigenvalue weighted by molar-refractivity contribution is 7.89. The summed E-state index contributed by atoms with van der Waals surface area (Å²) in [6.45, 7) is 3.77. The Morgan fingerprint density at radius 1 is 1.44 bits per heavy atom. The van der Waals surface area contributed by atoms with Gasteiger partial charge in [0, 0.05) is 18.3 Å². The second kappa shape index (κ2) is 4.87. The predicted molar refractivity (Wildman–Crippen MR) is 72.1 cm³/mol. The van der Waals surface area contributed by atoms with E-state index in [4.69, 9.17) is 5.14 Å². The zero-order valence-electron chi connectivity index (χ0n) is 10.7. The van der Waals surface area contributed by atoms with Crippen LogP contribution in [0.5, 0.6) is 0 Å². The lowest BCUT2D eigenvalue weighted by atomic mass is 10.2. The summed E-state index contributed by atoms with van der Waals surface area (Å²) in [4.78, 5) is 2.44. The summed E-state index contributed by atoms with van der Waals surface area (Å²) in [5.74, 6) is 0. The molecule has 6 heteroatoms. The highest BCUT2D eigenvalue weighted by Crippen LogP contribution is 2.21. The van der Waals surface area contributed by atoms with Gasteiger partial charge in [-0.1, -0.05) is 6.07 Å². The van der Waals surface area contributed by atoms with Crippen molar-refractivity contribution in [2.45, 2.75) is 24.3 Å². The van der Waals surface area contributed by atoms with E-state index in [9.17, 15) is 8.42 Å². The van der Waals surface area contributed by atoms with E-state index < -0.39 is 10.0 Å². The van der Waals surface area contributed by atoms with Crippen LogP contribution in [0.25, 0.3) is 0 Å². The molecule has 100 valence electrons. The first-order chi connectivity index (χ1) is 8.36. The van der Waals surface area contributed by atoms with Crippen LogP contribution in [0.3, 0.4) is 0 Å². The number of rotatable bonds is 3. The van der Waals surface area contributed by atoms with Gasteiger partial charge >= 0.3 is 0 Å². The van der Waals surface area contributed by atoms with Gasteiger partial charge in [0.15, 0.2) is 0 Å². The molecular weight excluding hydrogens is 250 g/mol. The lowest BCUT2D eigenvalue weighted by Crippen LogP contribution is -2.23. The van der Waals surface area contributed by atoms with Crippen LogP contribution in [-0.4, -0.2) is 39.5 Å². The zero-order chi connectivity index (χ0) is 13.3. The molecule has 1 aromatic carbocycles. The van der Waals surface area contributed by atoms with Gasteiger partial charge in [0.25, 0.3) is 0 Å². The molecule has 0 aliphatic carbocycles. The van der Waals surface area contributed by atoms with Crippen molar-refractivity contribution < 1.29 is 8.42 Å². The monoisotopic (exact) mass is 269 g/mol. The molecule has 0 saturated carbocycles. The Bertz CT molecular complexity index is 542. The molecule has 0 spiro atoms. The van der Waals surface area contributed by atoms with Crippen LogP contribution in [-0.2, 0) is 10.0 Å². The third-order valence-corrected chi connectivity index (χ3v) is 4.31. The van der Waals surface area contributed by atoms with Crippen LogP contribution >= 0.6 is 0 Å². The van der Waals surface area contributed by atoms with E-state index in [1.165, 1.54) is 0 Å². The molecule has 5 nitrogen and oxygen atoms in total. The molecule has 1 aromatic rings. The van der Waals surface area contributed by atoms with Crippen molar-refractivity contribution in [2.75, 3.05) is 25.5 Å². The molecule has 1 unspecified atom stereocenters. The molecule has 0 amide bonds. The molecule has 1 fully saturated rings. The number of nitrogens with zero attached hydrogens (tertiary/aromatic N) is 1. The number of aryl methyl sites for hydroxylation is 1. The quantitative estimate of drug-likeness (QED) is 0.849. The number of likely N-dealkylation sites (tertiary alicyclic amines) is 1. The zero-order valence-corrected chi connectivity index (χ0v) is 11.5. The molecule has 0 radical (unpaired) electrons. The summed E-state index contributed by atoms with van der Waals surface area (Å²) in [6.07, 6.45) is 1.06. The second-order valence-corrected chi connectivity index (χ2v) is 6.45. The molecule has 1 aliphatic heterocycles. The molecule has 0 bridgehead atoms. The summed E-state index contributed by atoms with van der Waals surface area (Å²) in [7, 11) is -1.57. The molecule has 18 heavy (non-hydrogen) atoms. The Balaban J connectivity index is 2.20. The Kier molecular flexibility index (Phi) is 3.61. The fourth-order valence-electron chi connectivity index (χ4n) is 2.28. The van der Waals surface area contributed by atoms with Gasteiger partial charge in [0.05, 0.1) is 4.90 Å². The standard InChI is InChI=1S/C12H19N3O2S/c1-9-3-4-10(7-12(9)18(13,16)17)14-11-5-6-15(2)8-11/h3-4,7,11,14H,5-6,8H2,1-2H3,(H2,13,16,17). The average molecular weight is 269 g/mol. The van der Waals surface area contributed by atoms with Crippen LogP contribution in [0.1, 0.15) is 12.0 Å². The Morgan fingerprint density at radius 3 is 2.72 bits per heavy atom. The van der Waals surface area contributed by atoms with Gasteiger partial charge in [-0.05, 0) is 44.6 Å². The van der Waals surface area contributed by atoms with Crippen LogP contribution in [0, 0.1) is 6.92 Å². The first-order valence-corrected chi connectivity index (χ1v) is 7.49. The van der Waals surface area contributed by atoms with E-state index in [1.54, 1.807) is 19.1 Å². The number of hydrogen-bond donors (Lipinski definition) is 2. The van der Waals surface area contributed by atoms with Crippen molar-refractivity contribution in [2.24, 2.45) is 5.14 Å². The Hall–Kier alpha value is -1.11.